The van der Waals surface area contributed by atoms with E-state index in [0.29, 0.717) is 5.76 Å². The Labute approximate surface area is 133 Å². The molecule has 0 bridgehead atoms. The molecule has 1 aliphatic heterocycles. The number of nitrogens with zero attached hydrogens (tertiary/aromatic N) is 1. The van der Waals surface area contributed by atoms with Crippen molar-refractivity contribution in [2.45, 2.75) is 13.5 Å². The highest BCUT2D eigenvalue weighted by Gasteiger charge is 2.33. The van der Waals surface area contributed by atoms with Crippen molar-refractivity contribution in [3.05, 3.63) is 77.4 Å². The Kier molecular flexibility index (Phi) is 4.10. The summed E-state index contributed by atoms with van der Waals surface area (Å²) in [5.41, 5.74) is 2.26. The molecule has 0 aliphatic carbocycles. The predicted octanol–water partition coefficient (Wildman–Crippen LogP) is 3.24. The minimum absolute atomic E-state index is 0.255. The summed E-state index contributed by atoms with van der Waals surface area (Å²) >= 11 is 0. The number of rotatable bonds is 4. The molecule has 5 heteroatoms. The lowest BCUT2D eigenvalue weighted by atomic mass is 10.1. The number of aryl methyl sites for hydroxylation is 1. The number of urea groups is 1. The summed E-state index contributed by atoms with van der Waals surface area (Å²) in [6.07, 6.45) is 6.52. The predicted molar refractivity (Wildman–Crippen MR) is 86.1 cm³/mol. The molecule has 1 fully saturated rings. The number of carbonyl (C=O) groups excluding carboxylic acids is 2. The van der Waals surface area contributed by atoms with Crippen LogP contribution in [-0.2, 0) is 11.3 Å². The van der Waals surface area contributed by atoms with Gasteiger partial charge in [0.2, 0.25) is 0 Å². The van der Waals surface area contributed by atoms with Crippen LogP contribution in [0.3, 0.4) is 0 Å². The fourth-order valence-electron chi connectivity index (χ4n) is 2.35. The van der Waals surface area contributed by atoms with Crippen LogP contribution < -0.4 is 5.32 Å². The topological polar surface area (TPSA) is 62.6 Å². The van der Waals surface area contributed by atoms with E-state index in [-0.39, 0.29) is 18.1 Å². The number of allylic oxidation sites excluding steroid dienone is 2. The van der Waals surface area contributed by atoms with Crippen LogP contribution in [0.1, 0.15) is 16.9 Å². The smallest absolute Gasteiger partial charge is 0.329 e. The first-order chi connectivity index (χ1) is 11.1. The summed E-state index contributed by atoms with van der Waals surface area (Å²) in [5, 5.41) is 2.59. The second-order valence-electron chi connectivity index (χ2n) is 5.27. The maximum Gasteiger partial charge on any atom is 0.329 e. The van der Waals surface area contributed by atoms with Gasteiger partial charge in [0.05, 0.1) is 12.8 Å². The van der Waals surface area contributed by atoms with Crippen molar-refractivity contribution in [3.63, 3.8) is 0 Å². The molecule has 0 radical (unpaired) electrons. The largest absolute Gasteiger partial charge is 0.465 e. The van der Waals surface area contributed by atoms with Crippen LogP contribution in [0.15, 0.2) is 64.9 Å². The number of nitrogens with one attached hydrogen (secondary N) is 1. The summed E-state index contributed by atoms with van der Waals surface area (Å²) in [6, 6.07) is 10.9. The average Bonchev–Trinajstić information content (AvgIpc) is 3.12. The van der Waals surface area contributed by atoms with Crippen LogP contribution in [0.25, 0.3) is 6.08 Å². The van der Waals surface area contributed by atoms with Crippen LogP contribution >= 0.6 is 0 Å². The second kappa shape index (κ2) is 6.36. The molecule has 1 N–H and O–H groups in total. The van der Waals surface area contributed by atoms with Crippen LogP contribution in [0.2, 0.25) is 0 Å². The number of benzene rings is 1. The Hall–Kier alpha value is -3.08. The molecule has 2 heterocycles. The zero-order valence-electron chi connectivity index (χ0n) is 12.7. The van der Waals surface area contributed by atoms with Crippen LogP contribution in [0, 0.1) is 6.92 Å². The van der Waals surface area contributed by atoms with Gasteiger partial charge in [0.1, 0.15) is 11.5 Å². The van der Waals surface area contributed by atoms with E-state index in [9.17, 15) is 9.59 Å². The van der Waals surface area contributed by atoms with Gasteiger partial charge in [-0.3, -0.25) is 9.69 Å². The van der Waals surface area contributed by atoms with Gasteiger partial charge in [-0.25, -0.2) is 4.79 Å². The first-order valence-electron chi connectivity index (χ1n) is 7.24. The van der Waals surface area contributed by atoms with Crippen molar-refractivity contribution in [2.75, 3.05) is 0 Å². The fourth-order valence-corrected chi connectivity index (χ4v) is 2.35. The van der Waals surface area contributed by atoms with E-state index in [1.54, 1.807) is 36.6 Å². The number of hydrogen-bond donors (Lipinski definition) is 1. The third kappa shape index (κ3) is 3.40. The van der Waals surface area contributed by atoms with Gasteiger partial charge in [-0.05, 0) is 36.8 Å². The molecule has 1 aromatic heterocycles. The third-order valence-electron chi connectivity index (χ3n) is 3.45. The average molecular weight is 308 g/mol. The maximum atomic E-state index is 12.3. The van der Waals surface area contributed by atoms with Gasteiger partial charge in [0.15, 0.2) is 0 Å². The number of imide groups is 1. The molecule has 5 nitrogen and oxygen atoms in total. The summed E-state index contributed by atoms with van der Waals surface area (Å²) < 4.78 is 5.16. The van der Waals surface area contributed by atoms with Crippen molar-refractivity contribution in [2.24, 2.45) is 0 Å². The van der Waals surface area contributed by atoms with Crippen molar-refractivity contribution in [1.82, 2.24) is 10.2 Å². The molecular formula is C18H16N2O3. The van der Waals surface area contributed by atoms with E-state index in [2.05, 4.69) is 5.32 Å². The monoisotopic (exact) mass is 308 g/mol. The molecule has 23 heavy (non-hydrogen) atoms. The van der Waals surface area contributed by atoms with Crippen LogP contribution in [-0.4, -0.2) is 16.8 Å². The van der Waals surface area contributed by atoms with E-state index in [1.807, 2.05) is 31.2 Å². The Morgan fingerprint density at radius 1 is 1.22 bits per heavy atom. The molecule has 3 amide bonds. The zero-order valence-corrected chi connectivity index (χ0v) is 12.7. The molecule has 0 saturated carbocycles. The Bertz CT molecular complexity index is 788. The Morgan fingerprint density at radius 2 is 2.09 bits per heavy atom. The molecular weight excluding hydrogens is 292 g/mol. The second-order valence-corrected chi connectivity index (χ2v) is 5.27. The first kappa shape index (κ1) is 14.8. The Morgan fingerprint density at radius 3 is 2.83 bits per heavy atom. The molecule has 2 aromatic rings. The van der Waals surface area contributed by atoms with E-state index in [1.165, 1.54) is 4.90 Å². The summed E-state index contributed by atoms with van der Waals surface area (Å²) in [4.78, 5) is 25.5. The molecule has 0 spiro atoms. The highest BCUT2D eigenvalue weighted by atomic mass is 16.3. The van der Waals surface area contributed by atoms with Crippen LogP contribution in [0.5, 0.6) is 0 Å². The van der Waals surface area contributed by atoms with Crippen molar-refractivity contribution < 1.29 is 14.0 Å². The third-order valence-corrected chi connectivity index (χ3v) is 3.45. The molecule has 1 saturated heterocycles. The number of carbonyl (C=O) groups is 2. The molecule has 3 rings (SSSR count). The number of furan rings is 1. The van der Waals surface area contributed by atoms with Crippen molar-refractivity contribution in [1.29, 1.82) is 0 Å². The van der Waals surface area contributed by atoms with Gasteiger partial charge in [0.25, 0.3) is 5.91 Å². The van der Waals surface area contributed by atoms with Gasteiger partial charge in [-0.15, -0.1) is 0 Å². The molecule has 1 aromatic carbocycles. The first-order valence-corrected chi connectivity index (χ1v) is 7.24. The molecule has 0 unspecified atom stereocenters. The van der Waals surface area contributed by atoms with E-state index >= 15 is 0 Å². The molecule has 0 atom stereocenters. The number of hydrogen-bond acceptors (Lipinski definition) is 3. The minimum Gasteiger partial charge on any atom is -0.465 e. The lowest BCUT2D eigenvalue weighted by Crippen LogP contribution is -2.30. The van der Waals surface area contributed by atoms with E-state index < -0.39 is 6.03 Å². The summed E-state index contributed by atoms with van der Waals surface area (Å²) in [7, 11) is 0. The SMILES string of the molecule is Cc1cccc(CN2C(=O)N/C(=C/C=C/c3ccco3)C2=O)c1. The minimum atomic E-state index is -0.408. The maximum absolute atomic E-state index is 12.3. The standard InChI is InChI=1S/C18H16N2O3/c1-13-5-2-6-14(11-13)12-20-17(21)16(19-18(20)22)9-3-7-15-8-4-10-23-15/h2-11H,12H2,1H3,(H,19,22)/b7-3+,16-9+. The molecule has 1 aliphatic rings. The van der Waals surface area contributed by atoms with Crippen molar-refractivity contribution >= 4 is 18.0 Å². The quantitative estimate of drug-likeness (QED) is 0.696. The summed E-state index contributed by atoms with van der Waals surface area (Å²) in [6.45, 7) is 2.23. The van der Waals surface area contributed by atoms with Gasteiger partial charge < -0.3 is 9.73 Å². The lowest BCUT2D eigenvalue weighted by molar-refractivity contribution is -0.123. The Balaban J connectivity index is 1.72. The normalized spacial score (nSPS) is 16.6. The summed E-state index contributed by atoms with van der Waals surface area (Å²) in [5.74, 6) is 0.343. The zero-order chi connectivity index (χ0) is 16.2. The van der Waals surface area contributed by atoms with Gasteiger partial charge >= 0.3 is 6.03 Å². The van der Waals surface area contributed by atoms with Gasteiger partial charge in [-0.2, -0.15) is 0 Å². The van der Waals surface area contributed by atoms with E-state index in [4.69, 9.17) is 4.42 Å². The van der Waals surface area contributed by atoms with Crippen LogP contribution in [0.4, 0.5) is 4.79 Å². The van der Waals surface area contributed by atoms with Crippen molar-refractivity contribution in [3.8, 4) is 0 Å². The number of amides is 3. The lowest BCUT2D eigenvalue weighted by Gasteiger charge is -2.12. The van der Waals surface area contributed by atoms with Gasteiger partial charge in [-0.1, -0.05) is 35.9 Å². The van der Waals surface area contributed by atoms with Gasteiger partial charge in [0, 0.05) is 0 Å². The van der Waals surface area contributed by atoms with E-state index in [0.717, 1.165) is 11.1 Å². The highest BCUT2D eigenvalue weighted by Crippen LogP contribution is 2.15. The fraction of sp³-hybridized carbons (Fsp3) is 0.111. The molecule has 116 valence electrons. The highest BCUT2D eigenvalue weighted by molar-refractivity contribution is 6.11.